The second-order valence-electron chi connectivity index (χ2n) is 5.79. The Bertz CT molecular complexity index is 832. The molecule has 0 radical (unpaired) electrons. The molecule has 22 heavy (non-hydrogen) atoms. The highest BCUT2D eigenvalue weighted by atomic mass is 16.1. The third-order valence-electron chi connectivity index (χ3n) is 4.42. The molecule has 3 aromatic rings. The van der Waals surface area contributed by atoms with Crippen molar-refractivity contribution in [3.63, 3.8) is 0 Å². The molecular weight excluding hydrogens is 272 g/mol. The monoisotopic (exact) mass is 294 g/mol. The van der Waals surface area contributed by atoms with E-state index in [1.165, 1.54) is 21.8 Å². The fourth-order valence-electron chi connectivity index (χ4n) is 2.92. The molecule has 0 saturated heterocycles. The standard InChI is InChI=1S/C19H22N2O/c1-4-13(3)19(22)20-14-10-11-18-16(12-14)15-8-6-7-9-17(15)21(18)5-2/h6-13H,4-5H2,1-3H3,(H,20,22)/t13-/m1/s1. The number of fused-ring (bicyclic) bond motifs is 3. The number of nitrogens with one attached hydrogen (secondary N) is 1. The Morgan fingerprint density at radius 2 is 1.82 bits per heavy atom. The van der Waals surface area contributed by atoms with Crippen LogP contribution in [-0.4, -0.2) is 10.5 Å². The van der Waals surface area contributed by atoms with E-state index in [0.717, 1.165) is 18.7 Å². The molecule has 0 aliphatic carbocycles. The lowest BCUT2D eigenvalue weighted by atomic mass is 10.1. The van der Waals surface area contributed by atoms with Gasteiger partial charge in [-0.2, -0.15) is 0 Å². The van der Waals surface area contributed by atoms with Gasteiger partial charge in [0.05, 0.1) is 0 Å². The van der Waals surface area contributed by atoms with Crippen LogP contribution < -0.4 is 5.32 Å². The van der Waals surface area contributed by atoms with Gasteiger partial charge in [-0.25, -0.2) is 0 Å². The van der Waals surface area contributed by atoms with Crippen LogP contribution in [-0.2, 0) is 11.3 Å². The lowest BCUT2D eigenvalue weighted by Gasteiger charge is -2.10. The molecule has 2 aromatic carbocycles. The van der Waals surface area contributed by atoms with Gasteiger partial charge >= 0.3 is 0 Å². The number of nitrogens with zero attached hydrogens (tertiary/aromatic N) is 1. The quantitative estimate of drug-likeness (QED) is 0.737. The van der Waals surface area contributed by atoms with Crippen molar-refractivity contribution in [2.45, 2.75) is 33.7 Å². The van der Waals surface area contributed by atoms with E-state index < -0.39 is 0 Å². The Balaban J connectivity index is 2.10. The highest BCUT2D eigenvalue weighted by Gasteiger charge is 2.13. The number of hydrogen-bond donors (Lipinski definition) is 1. The van der Waals surface area contributed by atoms with E-state index in [2.05, 4.69) is 53.2 Å². The van der Waals surface area contributed by atoms with Crippen LogP contribution in [0.2, 0.25) is 0 Å². The van der Waals surface area contributed by atoms with Crippen molar-refractivity contribution in [2.24, 2.45) is 5.92 Å². The number of benzene rings is 2. The molecule has 1 aromatic heterocycles. The van der Waals surface area contributed by atoms with E-state index in [0.29, 0.717) is 0 Å². The number of amides is 1. The first kappa shape index (κ1) is 14.6. The van der Waals surface area contributed by atoms with E-state index in [9.17, 15) is 4.79 Å². The zero-order valence-corrected chi connectivity index (χ0v) is 13.4. The first-order valence-corrected chi connectivity index (χ1v) is 7.97. The SMILES string of the molecule is CC[C@@H](C)C(=O)Nc1ccc2c(c1)c1ccccc1n2CC. The van der Waals surface area contributed by atoms with Gasteiger partial charge in [0.15, 0.2) is 0 Å². The molecular formula is C19H22N2O. The third kappa shape index (κ3) is 2.37. The molecule has 114 valence electrons. The smallest absolute Gasteiger partial charge is 0.227 e. The predicted octanol–water partition coefficient (Wildman–Crippen LogP) is 4.80. The maximum atomic E-state index is 12.1. The van der Waals surface area contributed by atoms with Gasteiger partial charge in [-0.3, -0.25) is 4.79 Å². The molecule has 0 bridgehead atoms. The fraction of sp³-hybridized carbons (Fsp3) is 0.316. The summed E-state index contributed by atoms with van der Waals surface area (Å²) >= 11 is 0. The fourth-order valence-corrected chi connectivity index (χ4v) is 2.92. The van der Waals surface area contributed by atoms with E-state index in [1.807, 2.05) is 19.9 Å². The number of aromatic nitrogens is 1. The van der Waals surface area contributed by atoms with Crippen molar-refractivity contribution in [3.05, 3.63) is 42.5 Å². The first-order valence-electron chi connectivity index (χ1n) is 7.97. The van der Waals surface area contributed by atoms with Crippen LogP contribution in [0.4, 0.5) is 5.69 Å². The normalized spacial score (nSPS) is 12.7. The minimum Gasteiger partial charge on any atom is -0.341 e. The van der Waals surface area contributed by atoms with Crippen molar-refractivity contribution in [3.8, 4) is 0 Å². The molecule has 3 heteroatoms. The Labute approximate surface area is 130 Å². The molecule has 3 rings (SSSR count). The van der Waals surface area contributed by atoms with Crippen LogP contribution in [0.5, 0.6) is 0 Å². The molecule has 0 aliphatic rings. The average Bonchev–Trinajstić information content (AvgIpc) is 2.87. The van der Waals surface area contributed by atoms with Gasteiger partial charge in [-0.1, -0.05) is 32.0 Å². The maximum absolute atomic E-state index is 12.1. The highest BCUT2D eigenvalue weighted by Crippen LogP contribution is 2.31. The Morgan fingerprint density at radius 1 is 1.09 bits per heavy atom. The highest BCUT2D eigenvalue weighted by molar-refractivity contribution is 6.09. The van der Waals surface area contributed by atoms with Crippen LogP contribution in [0.3, 0.4) is 0 Å². The van der Waals surface area contributed by atoms with E-state index >= 15 is 0 Å². The van der Waals surface area contributed by atoms with Gasteiger partial charge in [0, 0.05) is 40.0 Å². The topological polar surface area (TPSA) is 34.0 Å². The molecule has 0 spiro atoms. The predicted molar refractivity (Wildman–Crippen MR) is 93.2 cm³/mol. The van der Waals surface area contributed by atoms with Crippen molar-refractivity contribution in [2.75, 3.05) is 5.32 Å². The summed E-state index contributed by atoms with van der Waals surface area (Å²) in [5.74, 6) is 0.119. The second kappa shape index (κ2) is 5.84. The number of aryl methyl sites for hydroxylation is 1. The summed E-state index contributed by atoms with van der Waals surface area (Å²) in [5.41, 5.74) is 3.33. The summed E-state index contributed by atoms with van der Waals surface area (Å²) in [6.07, 6.45) is 0.850. The number of carbonyl (C=O) groups is 1. The number of carbonyl (C=O) groups excluding carboxylic acids is 1. The van der Waals surface area contributed by atoms with Crippen LogP contribution in [0.1, 0.15) is 27.2 Å². The molecule has 1 N–H and O–H groups in total. The van der Waals surface area contributed by atoms with Gasteiger partial charge in [-0.15, -0.1) is 0 Å². The number of anilines is 1. The van der Waals surface area contributed by atoms with Crippen molar-refractivity contribution < 1.29 is 4.79 Å². The van der Waals surface area contributed by atoms with Crippen molar-refractivity contribution in [1.82, 2.24) is 4.57 Å². The Morgan fingerprint density at radius 3 is 2.55 bits per heavy atom. The number of rotatable bonds is 4. The number of hydrogen-bond acceptors (Lipinski definition) is 1. The largest absolute Gasteiger partial charge is 0.341 e. The van der Waals surface area contributed by atoms with Gasteiger partial charge in [0.25, 0.3) is 0 Å². The van der Waals surface area contributed by atoms with Gasteiger partial charge in [-0.05, 0) is 37.6 Å². The van der Waals surface area contributed by atoms with E-state index in [1.54, 1.807) is 0 Å². The minimum atomic E-state index is 0.0349. The Kier molecular flexibility index (Phi) is 3.88. The average molecular weight is 294 g/mol. The van der Waals surface area contributed by atoms with Gasteiger partial charge < -0.3 is 9.88 Å². The molecule has 1 atom stereocenters. The minimum absolute atomic E-state index is 0.0349. The van der Waals surface area contributed by atoms with Gasteiger partial charge in [0.1, 0.15) is 0 Å². The van der Waals surface area contributed by atoms with Crippen LogP contribution in [0.25, 0.3) is 21.8 Å². The summed E-state index contributed by atoms with van der Waals surface area (Å²) in [4.78, 5) is 12.1. The maximum Gasteiger partial charge on any atom is 0.227 e. The van der Waals surface area contributed by atoms with Crippen LogP contribution in [0, 0.1) is 5.92 Å². The van der Waals surface area contributed by atoms with Crippen molar-refractivity contribution >= 4 is 33.4 Å². The summed E-state index contributed by atoms with van der Waals surface area (Å²) in [5, 5.41) is 5.46. The summed E-state index contributed by atoms with van der Waals surface area (Å²) in [7, 11) is 0. The van der Waals surface area contributed by atoms with Crippen molar-refractivity contribution in [1.29, 1.82) is 0 Å². The van der Waals surface area contributed by atoms with Gasteiger partial charge in [0.2, 0.25) is 5.91 Å². The Hall–Kier alpha value is -2.29. The summed E-state index contributed by atoms with van der Waals surface area (Å²) < 4.78 is 2.31. The van der Waals surface area contributed by atoms with E-state index in [4.69, 9.17) is 0 Å². The van der Waals surface area contributed by atoms with Crippen LogP contribution in [0.15, 0.2) is 42.5 Å². The third-order valence-corrected chi connectivity index (χ3v) is 4.42. The first-order chi connectivity index (χ1) is 10.7. The lowest BCUT2D eigenvalue weighted by molar-refractivity contribution is -0.119. The zero-order chi connectivity index (χ0) is 15.7. The summed E-state index contributed by atoms with van der Waals surface area (Å²) in [6.45, 7) is 7.08. The molecule has 0 fully saturated rings. The van der Waals surface area contributed by atoms with Crippen LogP contribution >= 0.6 is 0 Å². The zero-order valence-electron chi connectivity index (χ0n) is 13.4. The lowest BCUT2D eigenvalue weighted by Crippen LogP contribution is -2.19. The molecule has 1 amide bonds. The van der Waals surface area contributed by atoms with E-state index in [-0.39, 0.29) is 11.8 Å². The molecule has 3 nitrogen and oxygen atoms in total. The molecule has 1 heterocycles. The molecule has 0 saturated carbocycles. The molecule has 0 aliphatic heterocycles. The second-order valence-corrected chi connectivity index (χ2v) is 5.79. The summed E-state index contributed by atoms with van der Waals surface area (Å²) in [6, 6.07) is 14.6. The molecule has 0 unspecified atom stereocenters. The number of para-hydroxylation sites is 1.